The van der Waals surface area contributed by atoms with E-state index in [9.17, 15) is 30.0 Å². The van der Waals surface area contributed by atoms with Gasteiger partial charge >= 0.3 is 11.9 Å². The van der Waals surface area contributed by atoms with E-state index in [0.29, 0.717) is 6.42 Å². The number of allylic oxidation sites excluding steroid dienone is 2. The first-order valence-electron chi connectivity index (χ1n) is 24.8. The lowest BCUT2D eigenvalue weighted by molar-refractivity contribution is -0.305. The SMILES string of the molecule is CCCCCCCCC/C=C\CCCCCCCC(=O)OC(COC(=O)CCCCCCCCCCCCCCCCCCCC)COC1OC(CO)C(O)C(O)C1O. The number of rotatable bonds is 42. The van der Waals surface area contributed by atoms with Crippen molar-refractivity contribution in [1.82, 2.24) is 0 Å². The highest BCUT2D eigenvalue weighted by molar-refractivity contribution is 5.70. The van der Waals surface area contributed by atoms with Crippen molar-refractivity contribution >= 4 is 11.9 Å². The molecule has 348 valence electrons. The highest BCUT2D eigenvalue weighted by Gasteiger charge is 2.44. The summed E-state index contributed by atoms with van der Waals surface area (Å²) in [6.07, 6.45) is 36.4. The van der Waals surface area contributed by atoms with Gasteiger partial charge in [0.05, 0.1) is 13.2 Å². The fraction of sp³-hybridized carbons (Fsp3) is 0.918. The van der Waals surface area contributed by atoms with Gasteiger partial charge in [0.2, 0.25) is 0 Å². The second-order valence-corrected chi connectivity index (χ2v) is 17.3. The lowest BCUT2D eigenvalue weighted by Gasteiger charge is -2.39. The van der Waals surface area contributed by atoms with Crippen LogP contribution >= 0.6 is 0 Å². The first kappa shape index (κ1) is 55.5. The van der Waals surface area contributed by atoms with Gasteiger partial charge in [-0.25, -0.2) is 0 Å². The van der Waals surface area contributed by atoms with Crippen LogP contribution in [0.15, 0.2) is 12.2 Å². The summed E-state index contributed by atoms with van der Waals surface area (Å²) in [5, 5.41) is 40.1. The van der Waals surface area contributed by atoms with Crippen molar-refractivity contribution in [3.05, 3.63) is 12.2 Å². The van der Waals surface area contributed by atoms with E-state index in [2.05, 4.69) is 26.0 Å². The fourth-order valence-corrected chi connectivity index (χ4v) is 7.71. The Balaban J connectivity index is 2.27. The number of hydrogen-bond donors (Lipinski definition) is 4. The topological polar surface area (TPSA) is 152 Å². The van der Waals surface area contributed by atoms with Gasteiger partial charge in [0.1, 0.15) is 31.0 Å². The maximum atomic E-state index is 12.8. The number of unbranched alkanes of at least 4 members (excludes halogenated alkanes) is 29. The summed E-state index contributed by atoms with van der Waals surface area (Å²) < 4.78 is 22.2. The molecule has 6 unspecified atom stereocenters. The Morgan fingerprint density at radius 1 is 0.508 bits per heavy atom. The molecule has 10 heteroatoms. The van der Waals surface area contributed by atoms with Gasteiger partial charge in [0, 0.05) is 12.8 Å². The second-order valence-electron chi connectivity index (χ2n) is 17.3. The number of aliphatic hydroxyl groups excluding tert-OH is 4. The normalized spacial score (nSPS) is 20.0. The van der Waals surface area contributed by atoms with Crippen LogP contribution < -0.4 is 0 Å². The van der Waals surface area contributed by atoms with Crippen molar-refractivity contribution in [1.29, 1.82) is 0 Å². The molecule has 0 radical (unpaired) electrons. The summed E-state index contributed by atoms with van der Waals surface area (Å²) in [6.45, 7) is 3.45. The van der Waals surface area contributed by atoms with Gasteiger partial charge in [0.15, 0.2) is 12.4 Å². The summed E-state index contributed by atoms with van der Waals surface area (Å²) in [5.74, 6) is -0.803. The van der Waals surface area contributed by atoms with E-state index in [1.807, 2.05) is 0 Å². The molecule has 0 aliphatic carbocycles. The van der Waals surface area contributed by atoms with Crippen LogP contribution in [0.1, 0.15) is 232 Å². The van der Waals surface area contributed by atoms with Crippen LogP contribution in [0.4, 0.5) is 0 Å². The van der Waals surface area contributed by atoms with Crippen LogP contribution in [0.3, 0.4) is 0 Å². The van der Waals surface area contributed by atoms with E-state index < -0.39 is 49.4 Å². The summed E-state index contributed by atoms with van der Waals surface area (Å²) in [5.41, 5.74) is 0. The zero-order valence-electron chi connectivity index (χ0n) is 38.0. The molecule has 1 aliphatic heterocycles. The molecule has 0 aromatic rings. The van der Waals surface area contributed by atoms with Crippen LogP contribution in [0.25, 0.3) is 0 Å². The van der Waals surface area contributed by atoms with Gasteiger partial charge in [-0.05, 0) is 38.5 Å². The van der Waals surface area contributed by atoms with E-state index in [1.165, 1.54) is 148 Å². The van der Waals surface area contributed by atoms with Crippen molar-refractivity contribution < 1.29 is 49.0 Å². The van der Waals surface area contributed by atoms with Gasteiger partial charge in [0.25, 0.3) is 0 Å². The predicted octanol–water partition coefficient (Wildman–Crippen LogP) is 11.1. The van der Waals surface area contributed by atoms with E-state index >= 15 is 0 Å². The molecule has 0 saturated carbocycles. The Morgan fingerprint density at radius 3 is 1.32 bits per heavy atom. The Bertz CT molecular complexity index is 974. The maximum absolute atomic E-state index is 12.8. The molecule has 0 amide bonds. The average Bonchev–Trinajstić information content (AvgIpc) is 3.23. The smallest absolute Gasteiger partial charge is 0.306 e. The van der Waals surface area contributed by atoms with E-state index in [1.54, 1.807) is 0 Å². The number of hydrogen-bond acceptors (Lipinski definition) is 10. The van der Waals surface area contributed by atoms with Crippen molar-refractivity contribution in [2.75, 3.05) is 19.8 Å². The van der Waals surface area contributed by atoms with Crippen LogP contribution in [0.5, 0.6) is 0 Å². The first-order valence-corrected chi connectivity index (χ1v) is 24.8. The van der Waals surface area contributed by atoms with Crippen LogP contribution in [0, 0.1) is 0 Å². The van der Waals surface area contributed by atoms with Crippen molar-refractivity contribution in [2.24, 2.45) is 0 Å². The van der Waals surface area contributed by atoms with Gasteiger partial charge in [-0.3, -0.25) is 9.59 Å². The van der Waals surface area contributed by atoms with E-state index in [0.717, 1.165) is 51.4 Å². The Morgan fingerprint density at radius 2 is 0.898 bits per heavy atom. The minimum atomic E-state index is -1.59. The van der Waals surface area contributed by atoms with Gasteiger partial charge in [-0.1, -0.05) is 193 Å². The maximum Gasteiger partial charge on any atom is 0.306 e. The summed E-state index contributed by atoms with van der Waals surface area (Å²) >= 11 is 0. The number of carbonyl (C=O) groups is 2. The average molecular weight is 841 g/mol. The van der Waals surface area contributed by atoms with Crippen LogP contribution in [-0.4, -0.2) is 89.0 Å². The van der Waals surface area contributed by atoms with Crippen molar-refractivity contribution in [3.8, 4) is 0 Å². The van der Waals surface area contributed by atoms with Crippen LogP contribution in [-0.2, 0) is 28.5 Å². The number of esters is 2. The lowest BCUT2D eigenvalue weighted by atomic mass is 9.99. The minimum absolute atomic E-state index is 0.215. The third-order valence-corrected chi connectivity index (χ3v) is 11.7. The molecule has 1 rings (SSSR count). The van der Waals surface area contributed by atoms with E-state index in [4.69, 9.17) is 18.9 Å². The van der Waals surface area contributed by atoms with Gasteiger partial charge in [-0.15, -0.1) is 0 Å². The molecule has 4 N–H and O–H groups in total. The molecule has 59 heavy (non-hydrogen) atoms. The molecule has 1 saturated heterocycles. The molecule has 10 nitrogen and oxygen atoms in total. The molecule has 0 aromatic carbocycles. The third-order valence-electron chi connectivity index (χ3n) is 11.7. The van der Waals surface area contributed by atoms with Crippen molar-refractivity contribution in [3.63, 3.8) is 0 Å². The Labute approximate surface area is 361 Å². The highest BCUT2D eigenvalue weighted by atomic mass is 16.7. The quantitative estimate of drug-likeness (QED) is 0.0265. The molecule has 1 aliphatic rings. The molecule has 0 spiro atoms. The van der Waals surface area contributed by atoms with Gasteiger partial charge < -0.3 is 39.4 Å². The first-order chi connectivity index (χ1) is 28.8. The van der Waals surface area contributed by atoms with E-state index in [-0.39, 0.29) is 32.0 Å². The summed E-state index contributed by atoms with van der Waals surface area (Å²) in [7, 11) is 0. The zero-order valence-corrected chi connectivity index (χ0v) is 38.0. The molecule has 0 aromatic heterocycles. The number of ether oxygens (including phenoxy) is 4. The highest BCUT2D eigenvalue weighted by Crippen LogP contribution is 2.23. The molecule has 1 heterocycles. The largest absolute Gasteiger partial charge is 0.462 e. The monoisotopic (exact) mass is 841 g/mol. The minimum Gasteiger partial charge on any atom is -0.462 e. The fourth-order valence-electron chi connectivity index (χ4n) is 7.71. The zero-order chi connectivity index (χ0) is 43.0. The summed E-state index contributed by atoms with van der Waals surface area (Å²) in [6, 6.07) is 0. The third kappa shape index (κ3) is 31.9. The molecule has 6 atom stereocenters. The van der Waals surface area contributed by atoms with Crippen molar-refractivity contribution in [2.45, 2.75) is 269 Å². The number of aliphatic hydroxyl groups is 4. The molecule has 0 bridgehead atoms. The van der Waals surface area contributed by atoms with Crippen LogP contribution in [0.2, 0.25) is 0 Å². The molecular weight excluding hydrogens is 749 g/mol. The van der Waals surface area contributed by atoms with Gasteiger partial charge in [-0.2, -0.15) is 0 Å². The molecule has 1 fully saturated rings. The predicted molar refractivity (Wildman–Crippen MR) is 238 cm³/mol. The molecular formula is C49H92O10. The Kier molecular flexibility index (Phi) is 38.1. The standard InChI is InChI=1S/C49H92O10/c1-3-5-7-9-11-13-15-17-19-21-22-24-25-27-29-31-33-35-37-44(51)56-40-42(41-57-49-48(55)47(54)46(53)43(39-50)59-49)58-45(52)38-36-34-32-30-28-26-23-20-18-16-14-12-10-8-6-4-2/h20,23,42-43,46-50,53-55H,3-19,21-22,24-41H2,1-2H3/b23-20-. The number of carbonyl (C=O) groups excluding carboxylic acids is 2. The summed E-state index contributed by atoms with van der Waals surface area (Å²) in [4.78, 5) is 25.4. The Hall–Kier alpha value is -1.56. The second kappa shape index (κ2) is 40.5. The lowest BCUT2D eigenvalue weighted by Crippen LogP contribution is -2.59.